The number of carbonyl (C=O) groups is 1. The summed E-state index contributed by atoms with van der Waals surface area (Å²) in [7, 11) is 0. The summed E-state index contributed by atoms with van der Waals surface area (Å²) in [6.07, 6.45) is 2.30. The normalized spacial score (nSPS) is 18.3. The van der Waals surface area contributed by atoms with Gasteiger partial charge in [0.15, 0.2) is 0 Å². The van der Waals surface area contributed by atoms with Crippen molar-refractivity contribution in [2.45, 2.75) is 46.0 Å². The number of aliphatic hydroxyl groups is 1. The van der Waals surface area contributed by atoms with Gasteiger partial charge in [-0.15, -0.1) is 0 Å². The van der Waals surface area contributed by atoms with Crippen LogP contribution in [-0.4, -0.2) is 40.8 Å². The monoisotopic (exact) mass is 280 g/mol. The summed E-state index contributed by atoms with van der Waals surface area (Å²) in [6.45, 7) is 7.61. The molecule has 5 heteroatoms. The van der Waals surface area contributed by atoms with Gasteiger partial charge in [0.2, 0.25) is 5.91 Å². The van der Waals surface area contributed by atoms with Gasteiger partial charge in [-0.25, -0.2) is 0 Å². The summed E-state index contributed by atoms with van der Waals surface area (Å²) >= 11 is 0. The fraction of sp³-hybridized carbons (Fsp3) is 0.733. The van der Waals surface area contributed by atoms with E-state index < -0.39 is 0 Å². The lowest BCUT2D eigenvalue weighted by molar-refractivity contribution is -0.133. The molecule has 2 heterocycles. The number of likely N-dealkylation sites (tertiary alicyclic amines) is 1. The number of amides is 1. The molecule has 1 saturated heterocycles. The molecule has 112 valence electrons. The van der Waals surface area contributed by atoms with E-state index in [-0.39, 0.29) is 18.4 Å². The van der Waals surface area contributed by atoms with E-state index in [0.717, 1.165) is 42.9 Å². The minimum Gasteiger partial charge on any atom is -0.396 e. The maximum Gasteiger partial charge on any atom is 0.223 e. The first kappa shape index (κ1) is 15.0. The van der Waals surface area contributed by atoms with Crippen molar-refractivity contribution in [3.05, 3.63) is 17.0 Å². The van der Waals surface area contributed by atoms with Crippen LogP contribution in [-0.2, 0) is 4.79 Å². The highest BCUT2D eigenvalue weighted by atomic mass is 16.5. The van der Waals surface area contributed by atoms with E-state index in [1.165, 1.54) is 0 Å². The molecule has 0 saturated carbocycles. The first-order valence-electron chi connectivity index (χ1n) is 7.34. The van der Waals surface area contributed by atoms with E-state index in [1.807, 2.05) is 25.7 Å². The Kier molecular flexibility index (Phi) is 4.81. The van der Waals surface area contributed by atoms with E-state index in [2.05, 4.69) is 5.16 Å². The van der Waals surface area contributed by atoms with E-state index in [0.29, 0.717) is 12.3 Å². The smallest absolute Gasteiger partial charge is 0.223 e. The van der Waals surface area contributed by atoms with Crippen LogP contribution in [0.2, 0.25) is 0 Å². The number of rotatable bonds is 4. The molecule has 1 aliphatic rings. The molecule has 1 N–H and O–H groups in total. The van der Waals surface area contributed by atoms with E-state index in [1.54, 1.807) is 0 Å². The molecule has 0 aliphatic carbocycles. The first-order chi connectivity index (χ1) is 9.52. The molecule has 1 aliphatic heterocycles. The van der Waals surface area contributed by atoms with Crippen LogP contribution in [0.25, 0.3) is 0 Å². The first-order valence-corrected chi connectivity index (χ1v) is 7.34. The summed E-state index contributed by atoms with van der Waals surface area (Å²) in [5, 5.41) is 13.1. The van der Waals surface area contributed by atoms with Crippen molar-refractivity contribution in [3.8, 4) is 0 Å². The second-order valence-electron chi connectivity index (χ2n) is 5.85. The molecular formula is C15H24N2O3. The van der Waals surface area contributed by atoms with Crippen molar-refractivity contribution >= 4 is 5.91 Å². The molecule has 1 unspecified atom stereocenters. The van der Waals surface area contributed by atoms with Crippen molar-refractivity contribution in [1.29, 1.82) is 0 Å². The average Bonchev–Trinajstić information content (AvgIpc) is 2.78. The van der Waals surface area contributed by atoms with Crippen LogP contribution in [0.5, 0.6) is 0 Å². The highest BCUT2D eigenvalue weighted by molar-refractivity contribution is 5.77. The summed E-state index contributed by atoms with van der Waals surface area (Å²) in [4.78, 5) is 14.3. The van der Waals surface area contributed by atoms with Gasteiger partial charge in [0.1, 0.15) is 5.76 Å². The highest BCUT2D eigenvalue weighted by Crippen LogP contribution is 2.27. The Bertz CT molecular complexity index is 442. The Hall–Kier alpha value is -1.36. The number of carbonyl (C=O) groups excluding carboxylic acids is 1. The number of nitrogens with zero attached hydrogens (tertiary/aromatic N) is 2. The van der Waals surface area contributed by atoms with Crippen LogP contribution >= 0.6 is 0 Å². The van der Waals surface area contributed by atoms with Crippen molar-refractivity contribution in [1.82, 2.24) is 10.1 Å². The second kappa shape index (κ2) is 6.39. The number of aryl methyl sites for hydroxylation is 2. The maximum absolute atomic E-state index is 12.3. The third-order valence-corrected chi connectivity index (χ3v) is 4.29. The molecule has 0 radical (unpaired) electrons. The van der Waals surface area contributed by atoms with E-state index in [9.17, 15) is 4.79 Å². The minimum atomic E-state index is 0.129. The molecule has 1 amide bonds. The summed E-state index contributed by atoms with van der Waals surface area (Å²) in [6, 6.07) is 0. The highest BCUT2D eigenvalue weighted by Gasteiger charge is 2.25. The van der Waals surface area contributed by atoms with Gasteiger partial charge < -0.3 is 14.5 Å². The average molecular weight is 280 g/mol. The van der Waals surface area contributed by atoms with Crippen molar-refractivity contribution in [2.75, 3.05) is 19.7 Å². The van der Waals surface area contributed by atoms with Gasteiger partial charge in [-0.05, 0) is 38.5 Å². The Morgan fingerprint density at radius 2 is 2.10 bits per heavy atom. The van der Waals surface area contributed by atoms with Crippen LogP contribution < -0.4 is 0 Å². The molecule has 1 fully saturated rings. The predicted octanol–water partition coefficient (Wildman–Crippen LogP) is 2.02. The fourth-order valence-electron chi connectivity index (χ4n) is 3.05. The summed E-state index contributed by atoms with van der Waals surface area (Å²) in [5.41, 5.74) is 1.94. The van der Waals surface area contributed by atoms with Gasteiger partial charge in [-0.1, -0.05) is 12.1 Å². The zero-order valence-corrected chi connectivity index (χ0v) is 12.6. The Labute approximate surface area is 119 Å². The van der Waals surface area contributed by atoms with Crippen molar-refractivity contribution in [3.63, 3.8) is 0 Å². The number of piperidine rings is 1. The molecule has 0 aromatic carbocycles. The Morgan fingerprint density at radius 1 is 1.45 bits per heavy atom. The molecular weight excluding hydrogens is 256 g/mol. The van der Waals surface area contributed by atoms with Gasteiger partial charge >= 0.3 is 0 Å². The fourth-order valence-corrected chi connectivity index (χ4v) is 3.05. The molecule has 0 spiro atoms. The number of hydrogen-bond donors (Lipinski definition) is 1. The van der Waals surface area contributed by atoms with Crippen LogP contribution in [0.15, 0.2) is 4.52 Å². The number of aliphatic hydroxyl groups excluding tert-OH is 1. The van der Waals surface area contributed by atoms with Crippen molar-refractivity contribution in [2.24, 2.45) is 5.92 Å². The molecule has 1 aromatic heterocycles. The SMILES string of the molecule is Cc1noc(C)c1C(C)CC(=O)N1CCC(CO)CC1. The lowest BCUT2D eigenvalue weighted by Gasteiger charge is -2.31. The molecule has 1 aromatic rings. The summed E-state index contributed by atoms with van der Waals surface area (Å²) < 4.78 is 5.17. The molecule has 0 bridgehead atoms. The Balaban J connectivity index is 1.92. The van der Waals surface area contributed by atoms with Crippen molar-refractivity contribution < 1.29 is 14.4 Å². The summed E-state index contributed by atoms with van der Waals surface area (Å²) in [5.74, 6) is 1.49. The van der Waals surface area contributed by atoms with Gasteiger partial charge in [0.05, 0.1) is 5.69 Å². The predicted molar refractivity (Wildman–Crippen MR) is 75.4 cm³/mol. The zero-order valence-electron chi connectivity index (χ0n) is 12.6. The molecule has 2 rings (SSSR count). The van der Waals surface area contributed by atoms with Gasteiger partial charge in [-0.3, -0.25) is 4.79 Å². The molecule has 1 atom stereocenters. The van der Waals surface area contributed by atoms with Gasteiger partial charge in [0.25, 0.3) is 0 Å². The Morgan fingerprint density at radius 3 is 2.60 bits per heavy atom. The largest absolute Gasteiger partial charge is 0.396 e. The standard InChI is InChI=1S/C15H24N2O3/c1-10(15-11(2)16-20-12(15)3)8-14(19)17-6-4-13(9-18)5-7-17/h10,13,18H,4-9H2,1-3H3. The third kappa shape index (κ3) is 3.20. The maximum atomic E-state index is 12.3. The molecule has 5 nitrogen and oxygen atoms in total. The van der Waals surface area contributed by atoms with E-state index in [4.69, 9.17) is 9.63 Å². The molecule has 20 heavy (non-hydrogen) atoms. The quantitative estimate of drug-likeness (QED) is 0.916. The van der Waals surface area contributed by atoms with Gasteiger partial charge in [0, 0.05) is 31.7 Å². The second-order valence-corrected chi connectivity index (χ2v) is 5.85. The zero-order chi connectivity index (χ0) is 14.7. The lowest BCUT2D eigenvalue weighted by Crippen LogP contribution is -2.39. The number of hydrogen-bond acceptors (Lipinski definition) is 4. The topological polar surface area (TPSA) is 66.6 Å². The van der Waals surface area contributed by atoms with Crippen LogP contribution in [0.3, 0.4) is 0 Å². The van der Waals surface area contributed by atoms with Gasteiger partial charge in [-0.2, -0.15) is 0 Å². The van der Waals surface area contributed by atoms with Crippen LogP contribution in [0.1, 0.15) is 49.1 Å². The lowest BCUT2D eigenvalue weighted by atomic mass is 9.94. The minimum absolute atomic E-state index is 0.129. The van der Waals surface area contributed by atoms with Crippen LogP contribution in [0, 0.1) is 19.8 Å². The van der Waals surface area contributed by atoms with E-state index >= 15 is 0 Å². The number of aromatic nitrogens is 1. The third-order valence-electron chi connectivity index (χ3n) is 4.29. The van der Waals surface area contributed by atoms with Crippen LogP contribution in [0.4, 0.5) is 0 Å².